The van der Waals surface area contributed by atoms with Gasteiger partial charge >= 0.3 is 5.97 Å². The van der Waals surface area contributed by atoms with E-state index in [1.165, 1.54) is 7.11 Å². The molecule has 0 aliphatic carbocycles. The van der Waals surface area contributed by atoms with Crippen LogP contribution in [0.15, 0.2) is 0 Å². The number of carbonyl (C=O) groups is 1. The fourth-order valence-corrected chi connectivity index (χ4v) is 3.86. The molecular formula is C21H38O12. The Morgan fingerprint density at radius 1 is 0.909 bits per heavy atom. The van der Waals surface area contributed by atoms with Gasteiger partial charge in [0.2, 0.25) is 5.79 Å². The van der Waals surface area contributed by atoms with Crippen LogP contribution >= 0.6 is 0 Å². The van der Waals surface area contributed by atoms with E-state index in [2.05, 4.69) is 6.92 Å². The van der Waals surface area contributed by atoms with Crippen LogP contribution in [0.5, 0.6) is 0 Å². The van der Waals surface area contributed by atoms with Gasteiger partial charge in [-0.25, -0.2) is 0 Å². The van der Waals surface area contributed by atoms with E-state index in [0.29, 0.717) is 6.42 Å². The van der Waals surface area contributed by atoms with Crippen molar-refractivity contribution in [2.24, 2.45) is 0 Å². The molecular weight excluding hydrogens is 444 g/mol. The molecule has 2 heterocycles. The minimum Gasteiger partial charge on any atom is -0.463 e. The van der Waals surface area contributed by atoms with E-state index in [4.69, 9.17) is 23.7 Å². The molecule has 2 fully saturated rings. The van der Waals surface area contributed by atoms with Gasteiger partial charge in [0.15, 0.2) is 12.6 Å². The number of ether oxygens (including phenoxy) is 5. The van der Waals surface area contributed by atoms with Gasteiger partial charge in [0.25, 0.3) is 0 Å². The van der Waals surface area contributed by atoms with Gasteiger partial charge in [0.1, 0.15) is 49.8 Å². The highest BCUT2D eigenvalue weighted by molar-refractivity contribution is 5.69. The molecule has 0 aromatic heterocycles. The maximum atomic E-state index is 12.0. The molecule has 0 aromatic rings. The third-order valence-electron chi connectivity index (χ3n) is 5.94. The highest BCUT2D eigenvalue weighted by atomic mass is 16.8. The third kappa shape index (κ3) is 7.04. The van der Waals surface area contributed by atoms with E-state index in [-0.39, 0.29) is 6.42 Å². The molecule has 2 rings (SSSR count). The normalized spacial score (nSPS) is 39.0. The first-order chi connectivity index (χ1) is 15.7. The van der Waals surface area contributed by atoms with Crippen molar-refractivity contribution in [3.8, 4) is 0 Å². The number of hydrogen-bond donors (Lipinski definition) is 6. The largest absolute Gasteiger partial charge is 0.463 e. The van der Waals surface area contributed by atoms with Crippen LogP contribution in [-0.2, 0) is 28.5 Å². The molecule has 0 aromatic carbocycles. The summed E-state index contributed by atoms with van der Waals surface area (Å²) in [6, 6.07) is 0. The maximum absolute atomic E-state index is 12.0. The monoisotopic (exact) mass is 482 g/mol. The van der Waals surface area contributed by atoms with Gasteiger partial charge in [0.05, 0.1) is 0 Å². The molecule has 12 heteroatoms. The van der Waals surface area contributed by atoms with Crippen LogP contribution in [0, 0.1) is 0 Å². The summed E-state index contributed by atoms with van der Waals surface area (Å²) in [6.45, 7) is 0.767. The van der Waals surface area contributed by atoms with Gasteiger partial charge in [-0.2, -0.15) is 0 Å². The Labute approximate surface area is 193 Å². The van der Waals surface area contributed by atoms with Crippen molar-refractivity contribution < 1.29 is 59.1 Å². The first kappa shape index (κ1) is 28.3. The Bertz CT molecular complexity index is 590. The molecule has 0 unspecified atom stereocenters. The van der Waals surface area contributed by atoms with E-state index >= 15 is 0 Å². The molecule has 0 radical (unpaired) electrons. The predicted octanol–water partition coefficient (Wildman–Crippen LogP) is -1.48. The fourth-order valence-electron chi connectivity index (χ4n) is 3.86. The van der Waals surface area contributed by atoms with Crippen molar-refractivity contribution in [3.05, 3.63) is 0 Å². The Hall–Kier alpha value is -0.930. The topological polar surface area (TPSA) is 185 Å². The minimum atomic E-state index is -2.25. The van der Waals surface area contributed by atoms with Crippen LogP contribution in [0.2, 0.25) is 0 Å². The molecule has 2 aliphatic heterocycles. The molecule has 2 aliphatic rings. The van der Waals surface area contributed by atoms with Crippen LogP contribution in [0.1, 0.15) is 51.9 Å². The fraction of sp³-hybridized carbons (Fsp3) is 0.952. The van der Waals surface area contributed by atoms with Crippen LogP contribution in [0.4, 0.5) is 0 Å². The highest BCUT2D eigenvalue weighted by Gasteiger charge is 2.58. The average Bonchev–Trinajstić information content (AvgIpc) is 3.05. The Morgan fingerprint density at radius 2 is 1.55 bits per heavy atom. The van der Waals surface area contributed by atoms with Crippen molar-refractivity contribution in [2.45, 2.75) is 107 Å². The molecule has 0 spiro atoms. The zero-order valence-corrected chi connectivity index (χ0v) is 19.1. The van der Waals surface area contributed by atoms with E-state index in [9.17, 15) is 35.4 Å². The van der Waals surface area contributed by atoms with Gasteiger partial charge < -0.3 is 54.3 Å². The summed E-state index contributed by atoms with van der Waals surface area (Å²) in [5.74, 6) is -2.73. The molecule has 6 N–H and O–H groups in total. The molecule has 9 atom stereocenters. The van der Waals surface area contributed by atoms with Gasteiger partial charge in [-0.1, -0.05) is 39.0 Å². The molecule has 194 valence electrons. The number of hydrogen-bond acceptors (Lipinski definition) is 12. The minimum absolute atomic E-state index is 0.208. The van der Waals surface area contributed by atoms with E-state index < -0.39 is 74.2 Å². The number of esters is 1. The second-order valence-corrected chi connectivity index (χ2v) is 8.46. The molecule has 12 nitrogen and oxygen atoms in total. The van der Waals surface area contributed by atoms with Crippen LogP contribution in [-0.4, -0.2) is 112 Å². The lowest BCUT2D eigenvalue weighted by atomic mass is 10.0. The Balaban J connectivity index is 1.90. The van der Waals surface area contributed by atoms with Crippen molar-refractivity contribution in [1.29, 1.82) is 0 Å². The number of carbonyl (C=O) groups excluding carboxylic acids is 1. The summed E-state index contributed by atoms with van der Waals surface area (Å²) in [5, 5.41) is 60.7. The summed E-state index contributed by atoms with van der Waals surface area (Å²) >= 11 is 0. The SMILES string of the molecule is CCCCCCCCC(=O)OC[C@H]1O[C@@](CO)(O[C@H]2O[C@@H](OC)[C@@H](O)[C@H](O)[C@@H]2O)[C@@H](O)[C@@H]1O. The number of aliphatic hydroxyl groups excluding tert-OH is 6. The quantitative estimate of drug-likeness (QED) is 0.132. The van der Waals surface area contributed by atoms with Crippen LogP contribution in [0.25, 0.3) is 0 Å². The van der Waals surface area contributed by atoms with Crippen molar-refractivity contribution in [2.75, 3.05) is 20.3 Å². The lowest BCUT2D eigenvalue weighted by molar-refractivity contribution is -0.404. The number of rotatable bonds is 13. The summed E-state index contributed by atoms with van der Waals surface area (Å²) in [7, 11) is 1.19. The lowest BCUT2D eigenvalue weighted by Crippen LogP contribution is -2.62. The first-order valence-electron chi connectivity index (χ1n) is 11.4. The average molecular weight is 483 g/mol. The van der Waals surface area contributed by atoms with E-state index in [0.717, 1.165) is 32.1 Å². The van der Waals surface area contributed by atoms with Crippen molar-refractivity contribution in [3.63, 3.8) is 0 Å². The summed E-state index contributed by atoms with van der Waals surface area (Å²) in [4.78, 5) is 12.0. The second-order valence-electron chi connectivity index (χ2n) is 8.46. The molecule has 33 heavy (non-hydrogen) atoms. The van der Waals surface area contributed by atoms with Crippen molar-refractivity contribution in [1.82, 2.24) is 0 Å². The zero-order valence-electron chi connectivity index (χ0n) is 19.1. The number of aliphatic hydroxyl groups is 6. The van der Waals surface area contributed by atoms with E-state index in [1.54, 1.807) is 0 Å². The maximum Gasteiger partial charge on any atom is 0.305 e. The van der Waals surface area contributed by atoms with Gasteiger partial charge in [-0.3, -0.25) is 4.79 Å². The van der Waals surface area contributed by atoms with Crippen LogP contribution in [0.3, 0.4) is 0 Å². The lowest BCUT2D eigenvalue weighted by Gasteiger charge is -2.43. The van der Waals surface area contributed by atoms with Crippen molar-refractivity contribution >= 4 is 5.97 Å². The summed E-state index contributed by atoms with van der Waals surface area (Å²) in [6.07, 6.45) is -6.49. The zero-order chi connectivity index (χ0) is 24.6. The second kappa shape index (κ2) is 13.2. The van der Waals surface area contributed by atoms with Gasteiger partial charge in [-0.05, 0) is 6.42 Å². The van der Waals surface area contributed by atoms with Gasteiger partial charge in [-0.15, -0.1) is 0 Å². The molecule has 0 amide bonds. The molecule has 0 saturated carbocycles. The smallest absolute Gasteiger partial charge is 0.305 e. The van der Waals surface area contributed by atoms with E-state index in [1.807, 2.05) is 0 Å². The third-order valence-corrected chi connectivity index (χ3v) is 5.94. The summed E-state index contributed by atoms with van der Waals surface area (Å²) in [5.41, 5.74) is 0. The van der Waals surface area contributed by atoms with Gasteiger partial charge in [0, 0.05) is 13.5 Å². The highest BCUT2D eigenvalue weighted by Crippen LogP contribution is 2.36. The Kier molecular flexibility index (Phi) is 11.4. The number of methoxy groups -OCH3 is 1. The molecule has 2 saturated heterocycles. The first-order valence-corrected chi connectivity index (χ1v) is 11.4. The predicted molar refractivity (Wildman–Crippen MR) is 110 cm³/mol. The molecule has 0 bridgehead atoms. The summed E-state index contributed by atoms with van der Waals surface area (Å²) < 4.78 is 26.2. The van der Waals surface area contributed by atoms with Crippen LogP contribution < -0.4 is 0 Å². The number of unbranched alkanes of at least 4 members (excludes halogenated alkanes) is 5. The standard InChI is InChI=1S/C21H38O12/c1-3-4-5-6-7-8-9-13(23)30-10-12-14(24)18(28)21(11-22,32-12)33-20-17(27)15(25)16(26)19(29-2)31-20/h12,14-20,22,24-28H,3-11H2,1-2H3/t12-,14-,15+,16+,17+,18+,19-,20-,21+/m1/s1. The Morgan fingerprint density at radius 3 is 2.18 bits per heavy atom.